The summed E-state index contributed by atoms with van der Waals surface area (Å²) in [5.74, 6) is -0.347. The third kappa shape index (κ3) is 2.95. The summed E-state index contributed by atoms with van der Waals surface area (Å²) in [6.07, 6.45) is 1.26. The zero-order valence-electron chi connectivity index (χ0n) is 10.5. The Labute approximate surface area is 127 Å². The second-order valence-electron chi connectivity index (χ2n) is 4.30. The molecule has 4 nitrogen and oxygen atoms in total. The molecule has 20 heavy (non-hydrogen) atoms. The van der Waals surface area contributed by atoms with Crippen molar-refractivity contribution >= 4 is 44.7 Å². The van der Waals surface area contributed by atoms with Gasteiger partial charge in [-0.2, -0.15) is 12.8 Å². The Morgan fingerprint density at radius 3 is 2.30 bits per heavy atom. The summed E-state index contributed by atoms with van der Waals surface area (Å²) in [6, 6.07) is 7.78. The number of halogens is 2. The molecule has 1 aromatic rings. The van der Waals surface area contributed by atoms with Crippen LogP contribution in [0.3, 0.4) is 0 Å². The van der Waals surface area contributed by atoms with Gasteiger partial charge in [-0.05, 0) is 30.7 Å². The molecule has 0 amide bonds. The zero-order valence-corrected chi connectivity index (χ0v) is 12.8. The van der Waals surface area contributed by atoms with Crippen molar-refractivity contribution in [2.45, 2.75) is 22.6 Å². The van der Waals surface area contributed by atoms with E-state index >= 15 is 0 Å². The molecule has 0 saturated heterocycles. The molecule has 2 rings (SSSR count). The van der Waals surface area contributed by atoms with E-state index in [9.17, 15) is 13.2 Å². The molecule has 1 aromatic carbocycles. The summed E-state index contributed by atoms with van der Waals surface area (Å²) in [5.41, 5.74) is 0.515. The molecule has 0 aromatic heterocycles. The number of allylic oxidation sites excluding steroid dienone is 2. The van der Waals surface area contributed by atoms with Gasteiger partial charge >= 0.3 is 0 Å². The summed E-state index contributed by atoms with van der Waals surface area (Å²) in [7, 11) is -3.87. The molecular weight excluding hydrogens is 321 g/mol. The predicted molar refractivity (Wildman–Crippen MR) is 79.1 cm³/mol. The maximum atomic E-state index is 12.2. The Kier molecular flexibility index (Phi) is 4.32. The van der Waals surface area contributed by atoms with Gasteiger partial charge in [-0.15, -0.1) is 23.2 Å². The monoisotopic (exact) mass is 331 g/mol. The highest BCUT2D eigenvalue weighted by Gasteiger charge is 2.34. The van der Waals surface area contributed by atoms with Gasteiger partial charge in [-0.25, -0.2) is 0 Å². The van der Waals surface area contributed by atoms with Crippen molar-refractivity contribution in [2.75, 3.05) is 0 Å². The minimum Gasteiger partial charge on any atom is -0.293 e. The highest BCUT2D eigenvalue weighted by molar-refractivity contribution is 7.90. The lowest BCUT2D eigenvalue weighted by atomic mass is 9.97. The molecule has 0 radical (unpaired) electrons. The molecule has 0 N–H and O–H groups in total. The number of ketones is 1. The summed E-state index contributed by atoms with van der Waals surface area (Å²) in [5, 5.41) is -1.97. The fourth-order valence-electron chi connectivity index (χ4n) is 1.76. The van der Waals surface area contributed by atoms with Crippen molar-refractivity contribution in [2.24, 2.45) is 4.40 Å². The first kappa shape index (κ1) is 15.2. The number of carbonyl (C=O) groups is 1. The van der Waals surface area contributed by atoms with E-state index in [2.05, 4.69) is 4.40 Å². The zero-order chi connectivity index (χ0) is 14.9. The third-order valence-corrected chi connectivity index (χ3v) is 5.17. The molecule has 0 bridgehead atoms. The van der Waals surface area contributed by atoms with Crippen LogP contribution >= 0.6 is 23.2 Å². The van der Waals surface area contributed by atoms with Gasteiger partial charge in [0, 0.05) is 0 Å². The van der Waals surface area contributed by atoms with Crippen LogP contribution < -0.4 is 0 Å². The Balaban J connectivity index is 2.50. The largest absolute Gasteiger partial charge is 0.293 e. The van der Waals surface area contributed by atoms with Crippen LogP contribution in [0, 0.1) is 0 Å². The smallest absolute Gasteiger partial charge is 0.282 e. The average Bonchev–Trinajstić information content (AvgIpc) is 2.42. The lowest BCUT2D eigenvalue weighted by molar-refractivity contribution is -0.114. The Morgan fingerprint density at radius 1 is 1.10 bits per heavy atom. The molecular formula is C13H11Cl2NO3S. The summed E-state index contributed by atoms with van der Waals surface area (Å²) in [6.45, 7) is 1.58. The number of carbonyl (C=O) groups excluding carboxylic acids is 1. The molecule has 0 unspecified atom stereocenters. The van der Waals surface area contributed by atoms with Gasteiger partial charge in [0.25, 0.3) is 10.0 Å². The van der Waals surface area contributed by atoms with Gasteiger partial charge in [-0.1, -0.05) is 18.2 Å². The third-order valence-electron chi connectivity index (χ3n) is 2.81. The Bertz CT molecular complexity index is 696. The van der Waals surface area contributed by atoms with Gasteiger partial charge < -0.3 is 0 Å². The maximum absolute atomic E-state index is 12.2. The fourth-order valence-corrected chi connectivity index (χ4v) is 3.47. The molecule has 1 aliphatic carbocycles. The number of sulfonamides is 1. The van der Waals surface area contributed by atoms with Crippen molar-refractivity contribution < 1.29 is 13.2 Å². The van der Waals surface area contributed by atoms with Crippen LogP contribution in [0.1, 0.15) is 6.92 Å². The van der Waals surface area contributed by atoms with E-state index in [1.807, 2.05) is 0 Å². The quantitative estimate of drug-likeness (QED) is 0.782. The first-order valence-corrected chi connectivity index (χ1v) is 8.05. The molecule has 0 spiro atoms. The SMILES string of the molecule is CC1=CC(=O)[C@H](Cl)[C@H](Cl)C1=NS(=O)(=O)c1ccccc1. The first-order chi connectivity index (χ1) is 9.33. The maximum Gasteiger partial charge on any atom is 0.282 e. The molecule has 7 heteroatoms. The molecule has 0 saturated carbocycles. The highest BCUT2D eigenvalue weighted by atomic mass is 35.5. The van der Waals surface area contributed by atoms with Gasteiger partial charge in [0.05, 0.1) is 10.6 Å². The van der Waals surface area contributed by atoms with Gasteiger partial charge in [0.1, 0.15) is 10.8 Å². The lowest BCUT2D eigenvalue weighted by Gasteiger charge is -2.21. The van der Waals surface area contributed by atoms with Crippen LogP contribution in [0.25, 0.3) is 0 Å². The van der Waals surface area contributed by atoms with Crippen LogP contribution in [-0.4, -0.2) is 30.7 Å². The molecule has 106 valence electrons. The summed E-state index contributed by atoms with van der Waals surface area (Å²) in [4.78, 5) is 11.6. The van der Waals surface area contributed by atoms with E-state index in [1.165, 1.54) is 18.2 Å². The summed E-state index contributed by atoms with van der Waals surface area (Å²) < 4.78 is 28.1. The molecule has 0 heterocycles. The standard InChI is InChI=1S/C13H11Cl2NO3S/c1-8-7-10(17)11(14)12(15)13(8)16-20(18,19)9-5-3-2-4-6-9/h2-7,11-12H,1H3/t11-,12-/m0/s1. The Morgan fingerprint density at radius 2 is 1.70 bits per heavy atom. The fraction of sp³-hybridized carbons (Fsp3) is 0.231. The number of hydrogen-bond donors (Lipinski definition) is 0. The van der Waals surface area contributed by atoms with Gasteiger partial charge in [0.2, 0.25) is 0 Å². The second-order valence-corrected chi connectivity index (χ2v) is 6.84. The second kappa shape index (κ2) is 5.68. The van der Waals surface area contributed by atoms with E-state index in [4.69, 9.17) is 23.2 Å². The first-order valence-electron chi connectivity index (χ1n) is 5.73. The van der Waals surface area contributed by atoms with Crippen LogP contribution in [0.15, 0.2) is 51.3 Å². The van der Waals surface area contributed by atoms with E-state index in [-0.39, 0.29) is 16.4 Å². The topological polar surface area (TPSA) is 63.6 Å². The number of hydrogen-bond acceptors (Lipinski definition) is 3. The van der Waals surface area contributed by atoms with Crippen LogP contribution in [0.4, 0.5) is 0 Å². The molecule has 1 aliphatic rings. The molecule has 0 aliphatic heterocycles. The molecule has 2 atom stereocenters. The van der Waals surface area contributed by atoms with Gasteiger partial charge in [-0.3, -0.25) is 4.79 Å². The van der Waals surface area contributed by atoms with Crippen LogP contribution in [-0.2, 0) is 14.8 Å². The minimum atomic E-state index is -3.87. The number of alkyl halides is 2. The van der Waals surface area contributed by atoms with Crippen molar-refractivity contribution in [1.29, 1.82) is 0 Å². The number of rotatable bonds is 2. The van der Waals surface area contributed by atoms with Gasteiger partial charge in [0.15, 0.2) is 5.78 Å². The van der Waals surface area contributed by atoms with E-state index in [0.717, 1.165) is 0 Å². The highest BCUT2D eigenvalue weighted by Crippen LogP contribution is 2.25. The lowest BCUT2D eigenvalue weighted by Crippen LogP contribution is -2.36. The number of nitrogens with zero attached hydrogens (tertiary/aromatic N) is 1. The van der Waals surface area contributed by atoms with Crippen molar-refractivity contribution in [3.63, 3.8) is 0 Å². The van der Waals surface area contributed by atoms with E-state index in [0.29, 0.717) is 5.57 Å². The van der Waals surface area contributed by atoms with E-state index < -0.39 is 20.8 Å². The van der Waals surface area contributed by atoms with Crippen molar-refractivity contribution in [1.82, 2.24) is 0 Å². The minimum absolute atomic E-state index is 0.0622. The van der Waals surface area contributed by atoms with Crippen molar-refractivity contribution in [3.8, 4) is 0 Å². The average molecular weight is 332 g/mol. The summed E-state index contributed by atoms with van der Waals surface area (Å²) >= 11 is 11.9. The van der Waals surface area contributed by atoms with Crippen LogP contribution in [0.2, 0.25) is 0 Å². The van der Waals surface area contributed by atoms with Crippen LogP contribution in [0.5, 0.6) is 0 Å². The number of benzene rings is 1. The molecule has 0 fully saturated rings. The normalized spacial score (nSPS) is 25.6. The van der Waals surface area contributed by atoms with E-state index in [1.54, 1.807) is 25.1 Å². The Hall–Kier alpha value is -1.17. The predicted octanol–water partition coefficient (Wildman–Crippen LogP) is 2.56. The van der Waals surface area contributed by atoms with Crippen molar-refractivity contribution in [3.05, 3.63) is 42.0 Å².